The van der Waals surface area contributed by atoms with Gasteiger partial charge in [-0.15, -0.1) is 0 Å². The Kier molecular flexibility index (Phi) is 6.09. The van der Waals surface area contributed by atoms with Gasteiger partial charge in [0.15, 0.2) is 0 Å². The van der Waals surface area contributed by atoms with Gasteiger partial charge in [-0.25, -0.2) is 0 Å². The maximum absolute atomic E-state index is 11.9. The van der Waals surface area contributed by atoms with Gasteiger partial charge in [-0.05, 0) is 37.5 Å². The molecule has 0 unspecified atom stereocenters. The van der Waals surface area contributed by atoms with Crippen molar-refractivity contribution >= 4 is 5.97 Å². The van der Waals surface area contributed by atoms with E-state index in [9.17, 15) is 4.79 Å². The highest BCUT2D eigenvalue weighted by atomic mass is 16.6. The van der Waals surface area contributed by atoms with E-state index < -0.39 is 5.54 Å². The van der Waals surface area contributed by atoms with E-state index in [1.807, 2.05) is 0 Å². The first-order valence-electron chi connectivity index (χ1n) is 6.98. The van der Waals surface area contributed by atoms with Gasteiger partial charge in [0, 0.05) is 6.61 Å². The van der Waals surface area contributed by atoms with Crippen molar-refractivity contribution in [1.29, 1.82) is 0 Å². The number of carbonyl (C=O) groups is 1. The van der Waals surface area contributed by atoms with Crippen molar-refractivity contribution in [3.05, 3.63) is 0 Å². The summed E-state index contributed by atoms with van der Waals surface area (Å²) >= 11 is 0. The van der Waals surface area contributed by atoms with E-state index in [0.29, 0.717) is 31.7 Å². The molecule has 0 atom stereocenters. The van der Waals surface area contributed by atoms with E-state index in [1.54, 1.807) is 0 Å². The Hall–Kier alpha value is -0.610. The van der Waals surface area contributed by atoms with Crippen molar-refractivity contribution in [3.8, 4) is 0 Å². The molecule has 0 bridgehead atoms. The molecule has 106 valence electrons. The van der Waals surface area contributed by atoms with Crippen LogP contribution in [-0.2, 0) is 14.3 Å². The van der Waals surface area contributed by atoms with Gasteiger partial charge < -0.3 is 15.2 Å². The highest BCUT2D eigenvalue weighted by Gasteiger charge is 2.38. The van der Waals surface area contributed by atoms with Crippen LogP contribution in [0.1, 0.15) is 46.5 Å². The second-order valence-corrected chi connectivity index (χ2v) is 5.94. The zero-order valence-corrected chi connectivity index (χ0v) is 11.9. The lowest BCUT2D eigenvalue weighted by molar-refractivity contribution is -0.153. The first-order valence-corrected chi connectivity index (χ1v) is 6.98. The standard InChI is InChI=1S/C14H27NO3/c1-11(2)10-17-8-9-18-13(16)14(15)6-4-12(3)5-7-14/h11-12H,4-10,15H2,1-3H3. The van der Waals surface area contributed by atoms with Crippen molar-refractivity contribution in [1.82, 2.24) is 0 Å². The molecule has 0 aromatic carbocycles. The van der Waals surface area contributed by atoms with E-state index in [2.05, 4.69) is 20.8 Å². The number of hydrogen-bond donors (Lipinski definition) is 1. The summed E-state index contributed by atoms with van der Waals surface area (Å²) in [6.45, 7) is 7.83. The van der Waals surface area contributed by atoms with Gasteiger partial charge in [-0.1, -0.05) is 20.8 Å². The molecule has 0 aromatic rings. The minimum Gasteiger partial charge on any atom is -0.462 e. The fourth-order valence-corrected chi connectivity index (χ4v) is 2.14. The highest BCUT2D eigenvalue weighted by molar-refractivity contribution is 5.80. The van der Waals surface area contributed by atoms with Gasteiger partial charge in [0.1, 0.15) is 12.1 Å². The number of nitrogens with two attached hydrogens (primary N) is 1. The summed E-state index contributed by atoms with van der Waals surface area (Å²) in [6, 6.07) is 0. The summed E-state index contributed by atoms with van der Waals surface area (Å²) in [5.74, 6) is 0.910. The zero-order chi connectivity index (χ0) is 13.6. The minimum atomic E-state index is -0.759. The van der Waals surface area contributed by atoms with Gasteiger partial charge in [-0.2, -0.15) is 0 Å². The molecule has 0 aliphatic heterocycles. The summed E-state index contributed by atoms with van der Waals surface area (Å²) in [5, 5.41) is 0. The Bertz CT molecular complexity index is 258. The Labute approximate surface area is 110 Å². The van der Waals surface area contributed by atoms with E-state index in [4.69, 9.17) is 15.2 Å². The van der Waals surface area contributed by atoms with E-state index in [1.165, 1.54) is 0 Å². The minimum absolute atomic E-state index is 0.262. The van der Waals surface area contributed by atoms with Crippen LogP contribution in [0.15, 0.2) is 0 Å². The summed E-state index contributed by atoms with van der Waals surface area (Å²) in [6.07, 6.45) is 3.49. The molecule has 4 nitrogen and oxygen atoms in total. The van der Waals surface area contributed by atoms with Crippen molar-refractivity contribution in [2.24, 2.45) is 17.6 Å². The lowest BCUT2D eigenvalue weighted by Crippen LogP contribution is -2.51. The van der Waals surface area contributed by atoms with Crippen LogP contribution in [-0.4, -0.2) is 31.3 Å². The molecule has 0 saturated heterocycles. The Morgan fingerprint density at radius 1 is 1.33 bits per heavy atom. The van der Waals surface area contributed by atoms with Crippen LogP contribution < -0.4 is 5.73 Å². The molecule has 2 N–H and O–H groups in total. The maximum atomic E-state index is 11.9. The monoisotopic (exact) mass is 257 g/mol. The average molecular weight is 257 g/mol. The number of carbonyl (C=O) groups excluding carboxylic acids is 1. The average Bonchev–Trinajstić information content (AvgIpc) is 2.32. The van der Waals surface area contributed by atoms with Crippen molar-refractivity contribution < 1.29 is 14.3 Å². The first-order chi connectivity index (χ1) is 8.44. The first kappa shape index (κ1) is 15.4. The van der Waals surface area contributed by atoms with Gasteiger partial charge >= 0.3 is 5.97 Å². The van der Waals surface area contributed by atoms with E-state index in [0.717, 1.165) is 25.7 Å². The zero-order valence-electron chi connectivity index (χ0n) is 11.9. The maximum Gasteiger partial charge on any atom is 0.326 e. The third-order valence-electron chi connectivity index (χ3n) is 3.49. The van der Waals surface area contributed by atoms with Crippen LogP contribution in [0.2, 0.25) is 0 Å². The molecule has 0 amide bonds. The Balaban J connectivity index is 2.19. The molecule has 18 heavy (non-hydrogen) atoms. The largest absolute Gasteiger partial charge is 0.462 e. The highest BCUT2D eigenvalue weighted by Crippen LogP contribution is 2.30. The van der Waals surface area contributed by atoms with Gasteiger partial charge in [0.05, 0.1) is 6.61 Å². The molecule has 0 heterocycles. The van der Waals surface area contributed by atoms with Crippen LogP contribution in [0.25, 0.3) is 0 Å². The van der Waals surface area contributed by atoms with Crippen LogP contribution >= 0.6 is 0 Å². The summed E-state index contributed by atoms with van der Waals surface area (Å²) in [4.78, 5) is 11.9. The lowest BCUT2D eigenvalue weighted by Gasteiger charge is -2.33. The van der Waals surface area contributed by atoms with Crippen LogP contribution in [0.5, 0.6) is 0 Å². The second-order valence-electron chi connectivity index (χ2n) is 5.94. The van der Waals surface area contributed by atoms with Crippen LogP contribution in [0.4, 0.5) is 0 Å². The molecule has 1 saturated carbocycles. The lowest BCUT2D eigenvalue weighted by atomic mass is 9.78. The van der Waals surface area contributed by atoms with Crippen molar-refractivity contribution in [2.75, 3.05) is 19.8 Å². The van der Waals surface area contributed by atoms with Gasteiger partial charge in [-0.3, -0.25) is 4.79 Å². The molecule has 1 fully saturated rings. The fraction of sp³-hybridized carbons (Fsp3) is 0.929. The number of esters is 1. The van der Waals surface area contributed by atoms with Crippen molar-refractivity contribution in [2.45, 2.75) is 52.0 Å². The predicted octanol–water partition coefficient (Wildman–Crippen LogP) is 2.11. The Morgan fingerprint density at radius 3 is 2.50 bits per heavy atom. The van der Waals surface area contributed by atoms with Gasteiger partial charge in [0.2, 0.25) is 0 Å². The quantitative estimate of drug-likeness (QED) is 0.585. The molecule has 0 aromatic heterocycles. The molecular formula is C14H27NO3. The SMILES string of the molecule is CC(C)COCCOC(=O)C1(N)CCC(C)CC1. The smallest absolute Gasteiger partial charge is 0.326 e. The van der Waals surface area contributed by atoms with Crippen LogP contribution in [0, 0.1) is 11.8 Å². The molecule has 0 radical (unpaired) electrons. The van der Waals surface area contributed by atoms with Crippen LogP contribution in [0.3, 0.4) is 0 Å². The molecule has 1 rings (SSSR count). The number of rotatable bonds is 6. The molecule has 1 aliphatic rings. The Morgan fingerprint density at radius 2 is 1.94 bits per heavy atom. The van der Waals surface area contributed by atoms with Gasteiger partial charge in [0.25, 0.3) is 0 Å². The normalized spacial score (nSPS) is 28.4. The molecule has 4 heteroatoms. The topological polar surface area (TPSA) is 61.5 Å². The summed E-state index contributed by atoms with van der Waals surface area (Å²) < 4.78 is 10.6. The summed E-state index contributed by atoms with van der Waals surface area (Å²) in [5.41, 5.74) is 5.35. The number of hydrogen-bond acceptors (Lipinski definition) is 4. The van der Waals surface area contributed by atoms with E-state index >= 15 is 0 Å². The predicted molar refractivity (Wildman–Crippen MR) is 71.2 cm³/mol. The number of ether oxygens (including phenoxy) is 2. The molecule has 0 spiro atoms. The van der Waals surface area contributed by atoms with Crippen molar-refractivity contribution in [3.63, 3.8) is 0 Å². The molecular weight excluding hydrogens is 230 g/mol. The second kappa shape index (κ2) is 7.10. The summed E-state index contributed by atoms with van der Waals surface area (Å²) in [7, 11) is 0. The third-order valence-corrected chi connectivity index (χ3v) is 3.49. The van der Waals surface area contributed by atoms with E-state index in [-0.39, 0.29) is 5.97 Å². The third kappa shape index (κ3) is 4.94. The fourth-order valence-electron chi connectivity index (χ4n) is 2.14. The molecule has 1 aliphatic carbocycles.